The van der Waals surface area contributed by atoms with Crippen LogP contribution in [0.1, 0.15) is 24.5 Å². The molecule has 2 N–H and O–H groups in total. The van der Waals surface area contributed by atoms with Gasteiger partial charge in [0, 0.05) is 21.6 Å². The molecule has 0 radical (unpaired) electrons. The summed E-state index contributed by atoms with van der Waals surface area (Å²) < 4.78 is 7.06. The van der Waals surface area contributed by atoms with Gasteiger partial charge in [0.15, 0.2) is 0 Å². The third-order valence-corrected chi connectivity index (χ3v) is 4.35. The fourth-order valence-corrected chi connectivity index (χ4v) is 2.84. The monoisotopic (exact) mass is 482 g/mol. The molecule has 0 saturated heterocycles. The van der Waals surface area contributed by atoms with Gasteiger partial charge in [-0.05, 0) is 62.0 Å². The van der Waals surface area contributed by atoms with Gasteiger partial charge in [0.2, 0.25) is 0 Å². The van der Waals surface area contributed by atoms with Crippen molar-refractivity contribution < 1.29 is 4.74 Å². The Labute approximate surface area is 182 Å². The van der Waals surface area contributed by atoms with Crippen molar-refractivity contribution in [3.05, 3.63) is 63.1 Å². The lowest BCUT2D eigenvalue weighted by Gasteiger charge is -2.13. The SMILES string of the molecule is CCNCCCNCc1cc(Br)ccc1OCc1ccc(Cl)cc1.Cl.Cl. The molecule has 0 bridgehead atoms. The summed E-state index contributed by atoms with van der Waals surface area (Å²) in [5, 5.41) is 7.54. The van der Waals surface area contributed by atoms with Gasteiger partial charge in [-0.3, -0.25) is 0 Å². The van der Waals surface area contributed by atoms with Crippen molar-refractivity contribution in [2.24, 2.45) is 0 Å². The maximum Gasteiger partial charge on any atom is 0.124 e. The highest BCUT2D eigenvalue weighted by Gasteiger charge is 2.05. The second-order valence-electron chi connectivity index (χ2n) is 5.55. The average Bonchev–Trinajstić information content (AvgIpc) is 2.58. The molecule has 0 unspecified atom stereocenters. The molecule has 0 atom stereocenters. The third kappa shape index (κ3) is 9.45. The molecule has 3 nitrogen and oxygen atoms in total. The summed E-state index contributed by atoms with van der Waals surface area (Å²) in [5.74, 6) is 0.910. The summed E-state index contributed by atoms with van der Waals surface area (Å²) in [6, 6.07) is 13.9. The Morgan fingerprint density at radius 2 is 1.69 bits per heavy atom. The molecule has 0 aromatic heterocycles. The van der Waals surface area contributed by atoms with Crippen molar-refractivity contribution in [2.75, 3.05) is 19.6 Å². The van der Waals surface area contributed by atoms with Gasteiger partial charge >= 0.3 is 0 Å². The number of rotatable bonds is 10. The van der Waals surface area contributed by atoms with Gasteiger partial charge in [0.25, 0.3) is 0 Å². The van der Waals surface area contributed by atoms with Crippen LogP contribution in [0.3, 0.4) is 0 Å². The maximum absolute atomic E-state index is 6.00. The van der Waals surface area contributed by atoms with Gasteiger partial charge < -0.3 is 15.4 Å². The minimum Gasteiger partial charge on any atom is -0.489 e. The maximum atomic E-state index is 6.00. The average molecular weight is 485 g/mol. The normalized spacial score (nSPS) is 9.96. The molecule has 7 heteroatoms. The Bertz CT molecular complexity index is 627. The molecule has 146 valence electrons. The molecule has 0 fully saturated rings. The Hall–Kier alpha value is -0.490. The molecule has 0 spiro atoms. The predicted molar refractivity (Wildman–Crippen MR) is 119 cm³/mol. The van der Waals surface area contributed by atoms with Crippen LogP contribution < -0.4 is 15.4 Å². The Morgan fingerprint density at radius 3 is 2.38 bits per heavy atom. The smallest absolute Gasteiger partial charge is 0.124 e. The predicted octanol–water partition coefficient (Wildman–Crippen LogP) is 5.61. The van der Waals surface area contributed by atoms with E-state index in [1.807, 2.05) is 36.4 Å². The van der Waals surface area contributed by atoms with Crippen LogP contribution >= 0.6 is 52.3 Å². The van der Waals surface area contributed by atoms with Crippen LogP contribution in [0.15, 0.2) is 46.9 Å². The first-order valence-electron chi connectivity index (χ1n) is 8.26. The van der Waals surface area contributed by atoms with E-state index < -0.39 is 0 Å². The standard InChI is InChI=1S/C19H24BrClN2O.2ClH/c1-2-22-10-3-11-23-13-16-12-17(20)6-9-19(16)24-14-15-4-7-18(21)8-5-15;;/h4-9,12,22-23H,2-3,10-11,13-14H2,1H3;2*1H. The van der Waals surface area contributed by atoms with Crippen molar-refractivity contribution in [3.8, 4) is 5.75 Å². The summed E-state index contributed by atoms with van der Waals surface area (Å²) in [6.07, 6.45) is 1.11. The van der Waals surface area contributed by atoms with E-state index in [-0.39, 0.29) is 24.8 Å². The highest BCUT2D eigenvalue weighted by molar-refractivity contribution is 9.10. The van der Waals surface area contributed by atoms with Crippen molar-refractivity contribution in [2.45, 2.75) is 26.5 Å². The molecular weight excluding hydrogens is 458 g/mol. The summed E-state index contributed by atoms with van der Waals surface area (Å²) in [5.41, 5.74) is 2.26. The minimum atomic E-state index is 0. The number of hydrogen-bond donors (Lipinski definition) is 2. The molecule has 26 heavy (non-hydrogen) atoms. The van der Waals surface area contributed by atoms with Crippen LogP contribution in [0.25, 0.3) is 0 Å². The molecule has 0 heterocycles. The Kier molecular flexibility index (Phi) is 14.3. The van der Waals surface area contributed by atoms with Crippen LogP contribution in [0.4, 0.5) is 0 Å². The van der Waals surface area contributed by atoms with Gasteiger partial charge in [0.1, 0.15) is 12.4 Å². The summed E-state index contributed by atoms with van der Waals surface area (Å²) >= 11 is 9.45. The van der Waals surface area contributed by atoms with E-state index in [1.54, 1.807) is 0 Å². The summed E-state index contributed by atoms with van der Waals surface area (Å²) in [6.45, 7) is 6.50. The van der Waals surface area contributed by atoms with Crippen molar-refractivity contribution in [1.29, 1.82) is 0 Å². The van der Waals surface area contributed by atoms with Crippen molar-refractivity contribution in [1.82, 2.24) is 10.6 Å². The topological polar surface area (TPSA) is 33.3 Å². The van der Waals surface area contributed by atoms with E-state index in [0.717, 1.165) is 59.0 Å². The van der Waals surface area contributed by atoms with E-state index in [9.17, 15) is 0 Å². The number of halogens is 4. The quantitative estimate of drug-likeness (QED) is 0.430. The van der Waals surface area contributed by atoms with E-state index in [0.29, 0.717) is 6.61 Å². The zero-order valence-corrected chi connectivity index (χ0v) is 18.7. The lowest BCUT2D eigenvalue weighted by atomic mass is 10.2. The first kappa shape index (κ1) is 25.5. The van der Waals surface area contributed by atoms with Crippen molar-refractivity contribution >= 4 is 52.3 Å². The van der Waals surface area contributed by atoms with Crippen LogP contribution in [0.2, 0.25) is 5.02 Å². The molecule has 0 aliphatic carbocycles. The highest BCUT2D eigenvalue weighted by atomic mass is 79.9. The minimum absolute atomic E-state index is 0. The van der Waals surface area contributed by atoms with Crippen LogP contribution in [-0.4, -0.2) is 19.6 Å². The molecular formula is C19H26BrCl3N2O. The molecule has 0 amide bonds. The lowest BCUT2D eigenvalue weighted by Crippen LogP contribution is -2.21. The second kappa shape index (κ2) is 14.6. The van der Waals surface area contributed by atoms with Gasteiger partial charge in [0.05, 0.1) is 0 Å². The molecule has 2 aromatic rings. The molecule has 0 saturated carbocycles. The molecule has 0 aliphatic rings. The number of nitrogens with one attached hydrogen (secondary N) is 2. The molecule has 2 aromatic carbocycles. The van der Waals surface area contributed by atoms with E-state index in [4.69, 9.17) is 16.3 Å². The largest absolute Gasteiger partial charge is 0.489 e. The van der Waals surface area contributed by atoms with Crippen LogP contribution in [0, 0.1) is 0 Å². The molecule has 0 aliphatic heterocycles. The Balaban J connectivity index is 0.00000312. The first-order chi connectivity index (χ1) is 11.7. The van der Waals surface area contributed by atoms with Gasteiger partial charge in [-0.1, -0.05) is 46.6 Å². The zero-order valence-electron chi connectivity index (χ0n) is 14.8. The first-order valence-corrected chi connectivity index (χ1v) is 9.43. The Morgan fingerprint density at radius 1 is 1.00 bits per heavy atom. The van der Waals surface area contributed by atoms with Crippen molar-refractivity contribution in [3.63, 3.8) is 0 Å². The lowest BCUT2D eigenvalue weighted by molar-refractivity contribution is 0.302. The van der Waals surface area contributed by atoms with E-state index in [2.05, 4.69) is 39.6 Å². The third-order valence-electron chi connectivity index (χ3n) is 3.60. The number of benzene rings is 2. The number of hydrogen-bond acceptors (Lipinski definition) is 3. The number of ether oxygens (including phenoxy) is 1. The van der Waals surface area contributed by atoms with Gasteiger partial charge in [-0.2, -0.15) is 0 Å². The fourth-order valence-electron chi connectivity index (χ4n) is 2.31. The molecule has 2 rings (SSSR count). The fraction of sp³-hybridized carbons (Fsp3) is 0.368. The second-order valence-corrected chi connectivity index (χ2v) is 6.90. The van der Waals surface area contributed by atoms with E-state index >= 15 is 0 Å². The summed E-state index contributed by atoms with van der Waals surface area (Å²) in [4.78, 5) is 0. The van der Waals surface area contributed by atoms with Crippen LogP contribution in [-0.2, 0) is 13.2 Å². The van der Waals surface area contributed by atoms with Crippen LogP contribution in [0.5, 0.6) is 5.75 Å². The zero-order chi connectivity index (χ0) is 17.2. The van der Waals surface area contributed by atoms with Gasteiger partial charge in [-0.25, -0.2) is 0 Å². The highest BCUT2D eigenvalue weighted by Crippen LogP contribution is 2.24. The van der Waals surface area contributed by atoms with E-state index in [1.165, 1.54) is 0 Å². The van der Waals surface area contributed by atoms with Gasteiger partial charge in [-0.15, -0.1) is 24.8 Å². The summed E-state index contributed by atoms with van der Waals surface area (Å²) in [7, 11) is 0.